The van der Waals surface area contributed by atoms with Gasteiger partial charge in [-0.1, -0.05) is 12.1 Å². The minimum Gasteiger partial charge on any atom is -0.495 e. The van der Waals surface area contributed by atoms with Crippen LogP contribution in [0.15, 0.2) is 65.5 Å². The molecule has 24 heavy (non-hydrogen) atoms. The third kappa shape index (κ3) is 3.73. The van der Waals surface area contributed by atoms with Crippen LogP contribution in [0.3, 0.4) is 0 Å². The maximum absolute atomic E-state index is 12.4. The maximum atomic E-state index is 12.4. The van der Waals surface area contributed by atoms with Crippen molar-refractivity contribution in [2.24, 2.45) is 0 Å². The first kappa shape index (κ1) is 15.6. The van der Waals surface area contributed by atoms with Crippen LogP contribution in [0.4, 0.5) is 11.4 Å². The van der Waals surface area contributed by atoms with Gasteiger partial charge in [-0.15, -0.1) is 0 Å². The minimum atomic E-state index is -0.256. The van der Waals surface area contributed by atoms with E-state index in [2.05, 4.69) is 15.6 Å². The maximum Gasteiger partial charge on any atom is 0.257 e. The average molecular weight is 323 g/mol. The van der Waals surface area contributed by atoms with Gasteiger partial charge < -0.3 is 19.8 Å². The van der Waals surface area contributed by atoms with Crippen LogP contribution < -0.4 is 15.4 Å². The number of anilines is 2. The van der Waals surface area contributed by atoms with E-state index >= 15 is 0 Å². The molecule has 0 spiro atoms. The smallest absolute Gasteiger partial charge is 0.257 e. The first-order valence-corrected chi connectivity index (χ1v) is 7.42. The van der Waals surface area contributed by atoms with Crippen molar-refractivity contribution < 1.29 is 13.9 Å². The summed E-state index contributed by atoms with van der Waals surface area (Å²) in [5.41, 5.74) is 1.79. The van der Waals surface area contributed by atoms with E-state index in [1.807, 2.05) is 24.3 Å². The molecule has 0 bridgehead atoms. The van der Waals surface area contributed by atoms with Crippen LogP contribution in [0.2, 0.25) is 0 Å². The lowest BCUT2D eigenvalue weighted by molar-refractivity contribution is 0.102. The number of nitrogens with zero attached hydrogens (tertiary/aromatic N) is 1. The Labute approximate surface area is 139 Å². The van der Waals surface area contributed by atoms with Gasteiger partial charge in [0, 0.05) is 12.4 Å². The summed E-state index contributed by atoms with van der Waals surface area (Å²) >= 11 is 0. The van der Waals surface area contributed by atoms with Crippen molar-refractivity contribution in [3.8, 4) is 5.75 Å². The van der Waals surface area contributed by atoms with E-state index < -0.39 is 0 Å². The Kier molecular flexibility index (Phi) is 4.76. The summed E-state index contributed by atoms with van der Waals surface area (Å²) in [6, 6.07) is 12.7. The van der Waals surface area contributed by atoms with Crippen LogP contribution in [-0.2, 0) is 6.54 Å². The molecule has 0 fully saturated rings. The summed E-state index contributed by atoms with van der Waals surface area (Å²) < 4.78 is 10.5. The van der Waals surface area contributed by atoms with Gasteiger partial charge >= 0.3 is 0 Å². The molecular weight excluding hydrogens is 306 g/mol. The summed E-state index contributed by atoms with van der Waals surface area (Å²) in [6.07, 6.45) is 4.79. The van der Waals surface area contributed by atoms with E-state index in [9.17, 15) is 4.79 Å². The Balaban J connectivity index is 1.69. The first-order valence-electron chi connectivity index (χ1n) is 7.42. The number of para-hydroxylation sites is 2. The van der Waals surface area contributed by atoms with Gasteiger partial charge in [0.1, 0.15) is 11.5 Å². The summed E-state index contributed by atoms with van der Waals surface area (Å²) in [5.74, 6) is 1.15. The SMILES string of the molecule is COc1ccccc1NC(=O)c1cncc(NCc2ccco2)c1. The molecule has 0 radical (unpaired) electrons. The highest BCUT2D eigenvalue weighted by atomic mass is 16.5. The third-order valence-corrected chi connectivity index (χ3v) is 3.40. The second kappa shape index (κ2) is 7.32. The quantitative estimate of drug-likeness (QED) is 0.725. The Morgan fingerprint density at radius 1 is 1.21 bits per heavy atom. The number of nitrogens with one attached hydrogen (secondary N) is 2. The van der Waals surface area contributed by atoms with Crippen molar-refractivity contribution in [2.45, 2.75) is 6.54 Å². The zero-order chi connectivity index (χ0) is 16.8. The van der Waals surface area contributed by atoms with E-state index in [0.29, 0.717) is 23.5 Å². The standard InChI is InChI=1S/C18H17N3O3/c1-23-17-7-3-2-6-16(17)21-18(22)13-9-14(11-19-10-13)20-12-15-5-4-8-24-15/h2-11,20H,12H2,1H3,(H,21,22). The van der Waals surface area contributed by atoms with Crippen molar-refractivity contribution in [1.29, 1.82) is 0 Å². The Hall–Kier alpha value is -3.28. The second-order valence-electron chi connectivity index (χ2n) is 5.05. The van der Waals surface area contributed by atoms with Crippen molar-refractivity contribution in [3.05, 3.63) is 72.4 Å². The number of rotatable bonds is 6. The third-order valence-electron chi connectivity index (χ3n) is 3.40. The van der Waals surface area contributed by atoms with Gasteiger partial charge in [-0.05, 0) is 30.3 Å². The van der Waals surface area contributed by atoms with Gasteiger partial charge in [0.05, 0.1) is 36.9 Å². The van der Waals surface area contributed by atoms with Gasteiger partial charge in [0.25, 0.3) is 5.91 Å². The molecule has 3 rings (SSSR count). The lowest BCUT2D eigenvalue weighted by atomic mass is 10.2. The molecule has 122 valence electrons. The molecule has 3 aromatic rings. The van der Waals surface area contributed by atoms with Crippen molar-refractivity contribution in [1.82, 2.24) is 4.98 Å². The van der Waals surface area contributed by atoms with Gasteiger partial charge in [-0.3, -0.25) is 9.78 Å². The number of aromatic nitrogens is 1. The fourth-order valence-corrected chi connectivity index (χ4v) is 2.21. The van der Waals surface area contributed by atoms with Gasteiger partial charge in [0.2, 0.25) is 0 Å². The lowest BCUT2D eigenvalue weighted by Crippen LogP contribution is -2.13. The van der Waals surface area contributed by atoms with Gasteiger partial charge in [0.15, 0.2) is 0 Å². The van der Waals surface area contributed by atoms with E-state index in [0.717, 1.165) is 11.4 Å². The molecule has 6 nitrogen and oxygen atoms in total. The zero-order valence-corrected chi connectivity index (χ0v) is 13.2. The number of pyridine rings is 1. The highest BCUT2D eigenvalue weighted by Gasteiger charge is 2.10. The monoisotopic (exact) mass is 323 g/mol. The number of benzene rings is 1. The normalized spacial score (nSPS) is 10.2. The molecule has 1 aromatic carbocycles. The molecule has 2 heterocycles. The van der Waals surface area contributed by atoms with Crippen LogP contribution >= 0.6 is 0 Å². The minimum absolute atomic E-state index is 0.256. The Bertz CT molecular complexity index is 816. The molecule has 0 saturated carbocycles. The molecule has 0 unspecified atom stereocenters. The number of hydrogen-bond donors (Lipinski definition) is 2. The number of carbonyl (C=O) groups is 1. The number of amides is 1. The van der Waals surface area contributed by atoms with Crippen LogP contribution in [0.1, 0.15) is 16.1 Å². The number of carbonyl (C=O) groups excluding carboxylic acids is 1. The number of furan rings is 1. The van der Waals surface area contributed by atoms with Crippen LogP contribution in [0.5, 0.6) is 5.75 Å². The molecule has 2 aromatic heterocycles. The molecule has 0 aliphatic heterocycles. The first-order chi connectivity index (χ1) is 11.8. The molecular formula is C18H17N3O3. The van der Waals surface area contributed by atoms with Crippen LogP contribution in [0.25, 0.3) is 0 Å². The fraction of sp³-hybridized carbons (Fsp3) is 0.111. The molecule has 2 N–H and O–H groups in total. The van der Waals surface area contributed by atoms with Crippen LogP contribution in [0, 0.1) is 0 Å². The highest BCUT2D eigenvalue weighted by molar-refractivity contribution is 6.05. The molecule has 0 saturated heterocycles. The van der Waals surface area contributed by atoms with Crippen LogP contribution in [-0.4, -0.2) is 18.0 Å². The molecule has 0 aliphatic rings. The number of ether oxygens (including phenoxy) is 1. The predicted octanol–water partition coefficient (Wildman–Crippen LogP) is 3.55. The van der Waals surface area contributed by atoms with Gasteiger partial charge in [-0.2, -0.15) is 0 Å². The predicted molar refractivity (Wildman–Crippen MR) is 91.2 cm³/mol. The van der Waals surface area contributed by atoms with E-state index in [4.69, 9.17) is 9.15 Å². The zero-order valence-electron chi connectivity index (χ0n) is 13.2. The topological polar surface area (TPSA) is 76.4 Å². The van der Waals surface area contributed by atoms with Gasteiger partial charge in [-0.25, -0.2) is 0 Å². The average Bonchev–Trinajstić information content (AvgIpc) is 3.14. The fourth-order valence-electron chi connectivity index (χ4n) is 2.21. The van der Waals surface area contributed by atoms with Crippen molar-refractivity contribution in [3.63, 3.8) is 0 Å². The Morgan fingerprint density at radius 3 is 2.88 bits per heavy atom. The van der Waals surface area contributed by atoms with E-state index in [-0.39, 0.29) is 5.91 Å². The largest absolute Gasteiger partial charge is 0.495 e. The summed E-state index contributed by atoms with van der Waals surface area (Å²) in [7, 11) is 1.56. The second-order valence-corrected chi connectivity index (χ2v) is 5.05. The van der Waals surface area contributed by atoms with Crippen molar-refractivity contribution in [2.75, 3.05) is 17.7 Å². The van der Waals surface area contributed by atoms with E-state index in [1.54, 1.807) is 37.8 Å². The highest BCUT2D eigenvalue weighted by Crippen LogP contribution is 2.23. The molecule has 0 aliphatic carbocycles. The molecule has 1 amide bonds. The molecule has 0 atom stereocenters. The number of hydrogen-bond acceptors (Lipinski definition) is 5. The van der Waals surface area contributed by atoms with Crippen molar-refractivity contribution >= 4 is 17.3 Å². The molecule has 6 heteroatoms. The summed E-state index contributed by atoms with van der Waals surface area (Å²) in [4.78, 5) is 16.5. The van der Waals surface area contributed by atoms with E-state index in [1.165, 1.54) is 6.20 Å². The Morgan fingerprint density at radius 2 is 2.08 bits per heavy atom. The summed E-state index contributed by atoms with van der Waals surface area (Å²) in [6.45, 7) is 0.520. The summed E-state index contributed by atoms with van der Waals surface area (Å²) in [5, 5.41) is 5.99. The lowest BCUT2D eigenvalue weighted by Gasteiger charge is -2.10. The number of methoxy groups -OCH3 is 1.